The van der Waals surface area contributed by atoms with Gasteiger partial charge in [-0.2, -0.15) is 16.8 Å². The Labute approximate surface area is 75.7 Å². The van der Waals surface area contributed by atoms with E-state index in [1.54, 1.807) is 0 Å². The van der Waals surface area contributed by atoms with E-state index in [2.05, 4.69) is 4.99 Å². The number of rotatable bonds is 0. The quantitative estimate of drug-likeness (QED) is 0.180. The van der Waals surface area contributed by atoms with Crippen molar-refractivity contribution in [2.24, 2.45) is 17.2 Å². The Hall–Kier alpha value is -0.910. The van der Waals surface area contributed by atoms with E-state index in [1.807, 2.05) is 16.3 Å². The van der Waals surface area contributed by atoms with Crippen LogP contribution in [0.1, 0.15) is 0 Å². The summed E-state index contributed by atoms with van der Waals surface area (Å²) >= 11 is 1.93. The van der Waals surface area contributed by atoms with Gasteiger partial charge in [0.25, 0.3) is 0 Å². The molecule has 1 heterocycles. The van der Waals surface area contributed by atoms with Crippen molar-refractivity contribution in [3.05, 3.63) is 0 Å². The van der Waals surface area contributed by atoms with Crippen LogP contribution in [0.5, 0.6) is 0 Å². The number of nitrogens with two attached hydrogens (primary N) is 3. The maximum absolute atomic E-state index is 5.69. The van der Waals surface area contributed by atoms with Crippen LogP contribution in [-0.4, -0.2) is 41.1 Å². The lowest BCUT2D eigenvalue weighted by Crippen LogP contribution is -2.86. The summed E-state index contributed by atoms with van der Waals surface area (Å²) in [5.74, 6) is 2.90. The second kappa shape index (κ2) is 4.20. The van der Waals surface area contributed by atoms with Gasteiger partial charge in [0.05, 0.1) is 13.1 Å². The molecule has 1 rings (SSSR count). The molecule has 0 aliphatic carbocycles. The normalized spacial score (nSPS) is 17.2. The molecule has 1 fully saturated rings. The van der Waals surface area contributed by atoms with Gasteiger partial charge in [0.2, 0.25) is 0 Å². The molecule has 1 aliphatic heterocycles. The Morgan fingerprint density at radius 1 is 1.17 bits per heavy atom. The first-order valence-electron chi connectivity index (χ1n) is 3.80. The van der Waals surface area contributed by atoms with E-state index >= 15 is 0 Å². The zero-order valence-electron chi connectivity index (χ0n) is 6.92. The molecule has 1 aliphatic rings. The summed E-state index contributed by atoms with van der Waals surface area (Å²) in [6.07, 6.45) is 0. The minimum atomic E-state index is 0.144. The SMILES string of the molecule is NC(N)=[NH+]C(N)=[N+]1CCSCC1. The lowest BCUT2D eigenvalue weighted by atomic mass is 10.6. The van der Waals surface area contributed by atoms with E-state index in [-0.39, 0.29) is 5.96 Å². The molecule has 0 bridgehead atoms. The van der Waals surface area contributed by atoms with Crippen molar-refractivity contribution in [1.82, 2.24) is 0 Å². The van der Waals surface area contributed by atoms with Crippen molar-refractivity contribution in [2.45, 2.75) is 0 Å². The molecule has 1 saturated heterocycles. The highest BCUT2D eigenvalue weighted by molar-refractivity contribution is 7.99. The van der Waals surface area contributed by atoms with E-state index in [1.165, 1.54) is 0 Å². The number of guanidine groups is 2. The third-order valence-electron chi connectivity index (χ3n) is 1.62. The Morgan fingerprint density at radius 2 is 1.75 bits per heavy atom. The molecule has 68 valence electrons. The van der Waals surface area contributed by atoms with E-state index in [0.717, 1.165) is 24.6 Å². The summed E-state index contributed by atoms with van der Waals surface area (Å²) in [7, 11) is 0. The molecule has 5 nitrogen and oxygen atoms in total. The number of hydrogen-bond donors (Lipinski definition) is 4. The maximum atomic E-state index is 5.69. The molecule has 0 aromatic carbocycles. The summed E-state index contributed by atoms with van der Waals surface area (Å²) in [4.78, 5) is 2.70. The molecule has 0 atom stereocenters. The molecule has 6 heteroatoms. The van der Waals surface area contributed by atoms with Gasteiger partial charge < -0.3 is 0 Å². The van der Waals surface area contributed by atoms with Gasteiger partial charge in [-0.25, -0.2) is 4.58 Å². The lowest BCUT2D eigenvalue weighted by Gasteiger charge is -2.12. The van der Waals surface area contributed by atoms with Crippen LogP contribution in [0.25, 0.3) is 0 Å². The highest BCUT2D eigenvalue weighted by Gasteiger charge is 2.12. The van der Waals surface area contributed by atoms with Crippen molar-refractivity contribution in [2.75, 3.05) is 24.6 Å². The summed E-state index contributed by atoms with van der Waals surface area (Å²) in [5.41, 5.74) is 16.2. The van der Waals surface area contributed by atoms with Crippen LogP contribution in [0.4, 0.5) is 0 Å². The average molecular weight is 189 g/mol. The Balaban J connectivity index is 2.67. The van der Waals surface area contributed by atoms with Gasteiger partial charge in [-0.15, -0.1) is 0 Å². The predicted octanol–water partition coefficient (Wildman–Crippen LogP) is -3.59. The van der Waals surface area contributed by atoms with E-state index in [0.29, 0.717) is 5.96 Å². The van der Waals surface area contributed by atoms with Crippen molar-refractivity contribution in [3.8, 4) is 0 Å². The number of nitrogens with zero attached hydrogens (tertiary/aromatic N) is 1. The second-order valence-corrected chi connectivity index (χ2v) is 3.79. The van der Waals surface area contributed by atoms with Crippen LogP contribution in [0.2, 0.25) is 0 Å². The Bertz CT molecular complexity index is 210. The molecular formula is C6H15N5S+2. The summed E-state index contributed by atoms with van der Waals surface area (Å²) in [6.45, 7) is 1.91. The van der Waals surface area contributed by atoms with Gasteiger partial charge >= 0.3 is 11.9 Å². The monoisotopic (exact) mass is 189 g/mol. The smallest absolute Gasteiger partial charge is 0.275 e. The van der Waals surface area contributed by atoms with Gasteiger partial charge in [-0.05, 0) is 0 Å². The summed E-state index contributed by atoms with van der Waals surface area (Å²) in [5, 5.41) is 0. The molecule has 12 heavy (non-hydrogen) atoms. The number of thioether (sulfide) groups is 1. The van der Waals surface area contributed by atoms with Crippen LogP contribution < -0.4 is 22.2 Å². The third kappa shape index (κ3) is 2.61. The largest absolute Gasteiger partial charge is 0.387 e. The molecule has 0 aromatic rings. The lowest BCUT2D eigenvalue weighted by molar-refractivity contribution is -0.568. The topological polar surface area (TPSA) is 95.0 Å². The Kier molecular flexibility index (Phi) is 3.21. The van der Waals surface area contributed by atoms with Crippen molar-refractivity contribution in [3.63, 3.8) is 0 Å². The molecule has 7 N–H and O–H groups in total. The number of nitrogens with one attached hydrogen (secondary N) is 1. The van der Waals surface area contributed by atoms with E-state index in [9.17, 15) is 0 Å². The standard InChI is InChI=1S/C6H13N5S/c7-5(8)10-6(9)11-1-3-12-4-2-11/h1-4H2,(H5,7,8,9,10)/p+2. The van der Waals surface area contributed by atoms with Gasteiger partial charge in [0.15, 0.2) is 0 Å². The summed E-state index contributed by atoms with van der Waals surface area (Å²) < 4.78 is 2.04. The van der Waals surface area contributed by atoms with E-state index in [4.69, 9.17) is 17.2 Å². The number of hydrogen-bond acceptors (Lipinski definition) is 1. The second-order valence-electron chi connectivity index (χ2n) is 2.57. The van der Waals surface area contributed by atoms with Crippen molar-refractivity contribution in [1.29, 1.82) is 0 Å². The van der Waals surface area contributed by atoms with Crippen molar-refractivity contribution >= 4 is 23.7 Å². The zero-order chi connectivity index (χ0) is 8.97. The predicted molar refractivity (Wildman–Crippen MR) is 50.9 cm³/mol. The van der Waals surface area contributed by atoms with Gasteiger partial charge in [0.1, 0.15) is 0 Å². The fourth-order valence-corrected chi connectivity index (χ4v) is 1.93. The first-order valence-corrected chi connectivity index (χ1v) is 4.95. The van der Waals surface area contributed by atoms with Gasteiger partial charge in [-0.1, -0.05) is 0 Å². The molecule has 0 saturated carbocycles. The summed E-state index contributed by atoms with van der Waals surface area (Å²) in [6, 6.07) is 0. The Morgan fingerprint density at radius 3 is 2.25 bits per heavy atom. The molecule has 0 unspecified atom stereocenters. The molecule has 0 spiro atoms. The van der Waals surface area contributed by atoms with E-state index < -0.39 is 0 Å². The molecule has 0 radical (unpaired) electrons. The third-order valence-corrected chi connectivity index (χ3v) is 2.57. The minimum absolute atomic E-state index is 0.144. The molecule has 0 amide bonds. The highest BCUT2D eigenvalue weighted by Crippen LogP contribution is 2.03. The maximum Gasteiger partial charge on any atom is 0.387 e. The van der Waals surface area contributed by atoms with Crippen LogP contribution >= 0.6 is 11.8 Å². The fourth-order valence-electron chi connectivity index (χ4n) is 1.03. The first kappa shape index (κ1) is 9.18. The molecular weight excluding hydrogens is 174 g/mol. The van der Waals surface area contributed by atoms with Crippen LogP contribution in [-0.2, 0) is 0 Å². The van der Waals surface area contributed by atoms with Crippen LogP contribution in [0.3, 0.4) is 0 Å². The highest BCUT2D eigenvalue weighted by atomic mass is 32.2. The van der Waals surface area contributed by atoms with Gasteiger partial charge in [-0.3, -0.25) is 17.2 Å². The van der Waals surface area contributed by atoms with Crippen LogP contribution in [0, 0.1) is 0 Å². The average Bonchev–Trinajstić information content (AvgIpc) is 2.05. The molecule has 0 aromatic heterocycles. The fraction of sp³-hybridized carbons (Fsp3) is 0.667. The van der Waals surface area contributed by atoms with Crippen LogP contribution in [0.15, 0.2) is 0 Å². The minimum Gasteiger partial charge on any atom is -0.275 e. The van der Waals surface area contributed by atoms with Gasteiger partial charge in [0, 0.05) is 11.5 Å². The first-order chi connectivity index (χ1) is 5.70. The van der Waals surface area contributed by atoms with Crippen molar-refractivity contribution < 1.29 is 9.57 Å². The zero-order valence-corrected chi connectivity index (χ0v) is 7.73.